The molecule has 2 heterocycles. The molecule has 1 fully saturated rings. The van der Waals surface area contributed by atoms with Crippen molar-refractivity contribution in [3.8, 4) is 0 Å². The number of fused-ring (bicyclic) bond motifs is 1. The zero-order valence-corrected chi connectivity index (χ0v) is 14.5. The monoisotopic (exact) mass is 381 g/mol. The molecule has 26 heavy (non-hydrogen) atoms. The van der Waals surface area contributed by atoms with Gasteiger partial charge >= 0.3 is 12.1 Å². The van der Waals surface area contributed by atoms with Crippen molar-refractivity contribution in [3.63, 3.8) is 0 Å². The van der Waals surface area contributed by atoms with Gasteiger partial charge in [0.05, 0.1) is 17.7 Å². The summed E-state index contributed by atoms with van der Waals surface area (Å²) in [5, 5.41) is 7.83. The van der Waals surface area contributed by atoms with Crippen molar-refractivity contribution in [1.82, 2.24) is 4.90 Å². The van der Waals surface area contributed by atoms with Crippen molar-refractivity contribution in [2.75, 3.05) is 5.75 Å². The van der Waals surface area contributed by atoms with Gasteiger partial charge in [0, 0.05) is 5.57 Å². The van der Waals surface area contributed by atoms with Crippen LogP contribution < -0.4 is 0 Å². The number of amides is 1. The van der Waals surface area contributed by atoms with Crippen LogP contribution in [0.2, 0.25) is 0 Å². The van der Waals surface area contributed by atoms with E-state index in [1.807, 2.05) is 0 Å². The lowest BCUT2D eigenvalue weighted by atomic mass is 10.1. The Balaban J connectivity index is 1.64. The summed E-state index contributed by atoms with van der Waals surface area (Å²) in [6.45, 7) is 1.30. The van der Waals surface area contributed by atoms with E-state index >= 15 is 0 Å². The van der Waals surface area contributed by atoms with Crippen LogP contribution in [0.5, 0.6) is 0 Å². The summed E-state index contributed by atoms with van der Waals surface area (Å²) < 4.78 is 33.9. The van der Waals surface area contributed by atoms with E-state index in [2.05, 4.69) is 0 Å². The van der Waals surface area contributed by atoms with Gasteiger partial charge in [0.1, 0.15) is 6.61 Å². The molecule has 0 radical (unpaired) electrons. The van der Waals surface area contributed by atoms with E-state index in [4.69, 9.17) is 14.6 Å². The Morgan fingerprint density at radius 2 is 1.92 bits per heavy atom. The number of carbonyl (C=O) groups excluding carboxylic acids is 2. The molecule has 0 aromatic heterocycles. The minimum Gasteiger partial charge on any atom is -0.478 e. The number of sulfone groups is 1. The maximum atomic E-state index is 12.0. The molecule has 0 aliphatic carbocycles. The highest BCUT2D eigenvalue weighted by molar-refractivity contribution is 7.92. The number of benzene rings is 1. The van der Waals surface area contributed by atoms with E-state index < -0.39 is 33.2 Å². The summed E-state index contributed by atoms with van der Waals surface area (Å²) in [6.07, 6.45) is -1.22. The second kappa shape index (κ2) is 6.45. The molecule has 3 rings (SSSR count). The maximum Gasteiger partial charge on any atom is 0.515 e. The van der Waals surface area contributed by atoms with Gasteiger partial charge in [-0.15, -0.1) is 0 Å². The zero-order valence-electron chi connectivity index (χ0n) is 13.7. The van der Waals surface area contributed by atoms with Gasteiger partial charge in [-0.25, -0.2) is 18.0 Å². The number of rotatable bonds is 4. The van der Waals surface area contributed by atoms with E-state index in [0.29, 0.717) is 5.56 Å². The number of β-lactam (4-membered cyclic amide) rings is 1. The molecule has 1 N–H and O–H groups in total. The molecule has 1 unspecified atom stereocenters. The average molecular weight is 381 g/mol. The highest BCUT2D eigenvalue weighted by Crippen LogP contribution is 2.36. The van der Waals surface area contributed by atoms with Crippen LogP contribution >= 0.6 is 0 Å². The summed E-state index contributed by atoms with van der Waals surface area (Å²) >= 11 is 0. The Bertz CT molecular complexity index is 916. The Morgan fingerprint density at radius 1 is 1.27 bits per heavy atom. The number of hydrogen-bond donors (Lipinski definition) is 1. The van der Waals surface area contributed by atoms with Gasteiger partial charge < -0.3 is 14.6 Å². The van der Waals surface area contributed by atoms with E-state index in [1.165, 1.54) is 31.2 Å². The molecule has 1 saturated heterocycles. The summed E-state index contributed by atoms with van der Waals surface area (Å²) in [7, 11) is -3.47. The first kappa shape index (κ1) is 17.9. The zero-order chi connectivity index (χ0) is 19.1. The smallest absolute Gasteiger partial charge is 0.478 e. The number of carboxylic acid groups (broad SMARTS) is 1. The van der Waals surface area contributed by atoms with Crippen LogP contribution in [0.1, 0.15) is 29.3 Å². The normalized spacial score (nSPS) is 20.9. The first-order valence-electron chi connectivity index (χ1n) is 7.59. The van der Waals surface area contributed by atoms with Gasteiger partial charge in [-0.05, 0) is 24.6 Å². The van der Waals surface area contributed by atoms with Crippen LogP contribution in [-0.2, 0) is 30.7 Å². The Kier molecular flexibility index (Phi) is 4.45. The Labute approximate surface area is 148 Å². The van der Waals surface area contributed by atoms with Gasteiger partial charge in [0.15, 0.2) is 15.2 Å². The Hall–Kier alpha value is -2.88. The van der Waals surface area contributed by atoms with Crippen LogP contribution in [0.15, 0.2) is 35.7 Å². The standard InChI is InChI=1S/C16H15NO8S/c1-9-8-26(22,23)13-6-12(18)17(13)14(9)25-16(21)24-7-10-2-4-11(5-3-10)15(19)20/h2-5,13H,6-8H2,1H3,(H,19,20). The van der Waals surface area contributed by atoms with E-state index in [0.717, 1.165) is 4.90 Å². The molecule has 2 aliphatic rings. The summed E-state index contributed by atoms with van der Waals surface area (Å²) in [5.74, 6) is -1.90. The molecular weight excluding hydrogens is 366 g/mol. The lowest BCUT2D eigenvalue weighted by Crippen LogP contribution is -2.59. The number of hydrogen-bond acceptors (Lipinski definition) is 7. The lowest BCUT2D eigenvalue weighted by molar-refractivity contribution is -0.142. The third-order valence-corrected chi connectivity index (χ3v) is 6.10. The minimum atomic E-state index is -3.47. The summed E-state index contributed by atoms with van der Waals surface area (Å²) in [4.78, 5) is 35.3. The largest absolute Gasteiger partial charge is 0.515 e. The molecule has 10 heteroatoms. The quantitative estimate of drug-likeness (QED) is 0.610. The first-order valence-corrected chi connectivity index (χ1v) is 9.31. The third kappa shape index (κ3) is 3.27. The molecule has 2 aliphatic heterocycles. The van der Waals surface area contributed by atoms with Crippen molar-refractivity contribution < 1.29 is 37.4 Å². The number of carboxylic acids is 1. The second-order valence-electron chi connectivity index (χ2n) is 5.96. The van der Waals surface area contributed by atoms with Crippen LogP contribution in [0.4, 0.5) is 4.79 Å². The van der Waals surface area contributed by atoms with Gasteiger partial charge in [-0.1, -0.05) is 12.1 Å². The molecule has 1 aromatic carbocycles. The predicted molar refractivity (Wildman–Crippen MR) is 86.4 cm³/mol. The molecule has 138 valence electrons. The molecule has 1 atom stereocenters. The van der Waals surface area contributed by atoms with Crippen molar-refractivity contribution in [2.24, 2.45) is 0 Å². The Morgan fingerprint density at radius 3 is 2.50 bits per heavy atom. The van der Waals surface area contributed by atoms with E-state index in [1.54, 1.807) is 0 Å². The maximum absolute atomic E-state index is 12.0. The first-order chi connectivity index (χ1) is 12.2. The van der Waals surface area contributed by atoms with Crippen LogP contribution in [0, 0.1) is 0 Å². The van der Waals surface area contributed by atoms with Gasteiger partial charge in [0.25, 0.3) is 0 Å². The predicted octanol–water partition coefficient (Wildman–Crippen LogP) is 1.26. The van der Waals surface area contributed by atoms with Gasteiger partial charge in [-0.2, -0.15) is 0 Å². The highest BCUT2D eigenvalue weighted by Gasteiger charge is 2.51. The van der Waals surface area contributed by atoms with E-state index in [9.17, 15) is 22.8 Å². The molecule has 1 amide bonds. The SMILES string of the molecule is CC1=C(OC(=O)OCc2ccc(C(=O)O)cc2)N2C(=O)CC2S(=O)(=O)C1. The molecule has 0 saturated carbocycles. The number of ether oxygens (including phenoxy) is 2. The number of nitrogens with zero attached hydrogens (tertiary/aromatic N) is 1. The molecule has 0 bridgehead atoms. The number of carbonyl (C=O) groups is 3. The molecular formula is C16H15NO8S. The minimum absolute atomic E-state index is 0.0999. The summed E-state index contributed by atoms with van der Waals surface area (Å²) in [6, 6.07) is 5.72. The van der Waals surface area contributed by atoms with E-state index in [-0.39, 0.29) is 35.8 Å². The van der Waals surface area contributed by atoms with Crippen molar-refractivity contribution in [1.29, 1.82) is 0 Å². The van der Waals surface area contributed by atoms with Crippen molar-refractivity contribution in [2.45, 2.75) is 25.3 Å². The molecule has 0 spiro atoms. The van der Waals surface area contributed by atoms with Gasteiger partial charge in [-0.3, -0.25) is 9.69 Å². The molecule has 1 aromatic rings. The van der Waals surface area contributed by atoms with Crippen LogP contribution in [-0.4, -0.2) is 47.6 Å². The number of aromatic carboxylic acids is 1. The fraction of sp³-hybridized carbons (Fsp3) is 0.312. The fourth-order valence-electron chi connectivity index (χ4n) is 2.71. The topological polar surface area (TPSA) is 127 Å². The van der Waals surface area contributed by atoms with Gasteiger partial charge in [0.2, 0.25) is 11.8 Å². The highest BCUT2D eigenvalue weighted by atomic mass is 32.2. The fourth-order valence-corrected chi connectivity index (χ4v) is 4.57. The lowest BCUT2D eigenvalue weighted by Gasteiger charge is -2.43. The van der Waals surface area contributed by atoms with Crippen LogP contribution in [0.25, 0.3) is 0 Å². The molecule has 9 nitrogen and oxygen atoms in total. The average Bonchev–Trinajstić information content (AvgIpc) is 2.56. The van der Waals surface area contributed by atoms with Crippen molar-refractivity contribution >= 4 is 27.9 Å². The van der Waals surface area contributed by atoms with Crippen molar-refractivity contribution in [3.05, 3.63) is 46.8 Å². The third-order valence-electron chi connectivity index (χ3n) is 4.06. The van der Waals surface area contributed by atoms with Crippen LogP contribution in [0.3, 0.4) is 0 Å². The second-order valence-corrected chi connectivity index (χ2v) is 8.12. The summed E-state index contributed by atoms with van der Waals surface area (Å²) in [5.41, 5.74) is 0.890.